The van der Waals surface area contributed by atoms with E-state index in [1.54, 1.807) is 54.6 Å². The van der Waals surface area contributed by atoms with Gasteiger partial charge in [-0.15, -0.1) is 0 Å². The van der Waals surface area contributed by atoms with Crippen LogP contribution in [0.5, 0.6) is 11.5 Å². The third kappa shape index (κ3) is 5.69. The lowest BCUT2D eigenvalue weighted by atomic mass is 10.1. The molecule has 5 aromatic rings. The second-order valence-electron chi connectivity index (χ2n) is 8.69. The van der Waals surface area contributed by atoms with Crippen LogP contribution >= 0.6 is 11.6 Å². The highest BCUT2D eigenvalue weighted by molar-refractivity contribution is 6.30. The topological polar surface area (TPSA) is 65.7 Å². The first kappa shape index (κ1) is 27.0. The molecule has 0 aliphatic rings. The average molecular weight is 564 g/mol. The van der Waals surface area contributed by atoms with Crippen LogP contribution in [0.3, 0.4) is 0 Å². The number of aromatic nitrogens is 2. The van der Waals surface area contributed by atoms with Crippen LogP contribution in [-0.2, 0) is 12.8 Å². The average Bonchev–Trinajstić information content (AvgIpc) is 2.96. The quantitative estimate of drug-likeness (QED) is 0.196. The normalized spacial score (nSPS) is 11.7. The number of hydrogen-bond donors (Lipinski definition) is 0. The predicted octanol–water partition coefficient (Wildman–Crippen LogP) is 7.21. The molecule has 0 saturated carbocycles. The maximum absolute atomic E-state index is 13.5. The van der Waals surface area contributed by atoms with Gasteiger partial charge in [0.1, 0.15) is 6.61 Å². The number of ether oxygens (including phenoxy) is 2. The van der Waals surface area contributed by atoms with Crippen molar-refractivity contribution in [2.24, 2.45) is 5.10 Å². The van der Waals surface area contributed by atoms with E-state index in [4.69, 9.17) is 21.1 Å². The summed E-state index contributed by atoms with van der Waals surface area (Å²) in [4.78, 5) is 18.0. The van der Waals surface area contributed by atoms with Crippen LogP contribution in [0.2, 0.25) is 5.02 Å². The molecule has 10 heteroatoms. The van der Waals surface area contributed by atoms with E-state index < -0.39 is 17.3 Å². The third-order valence-corrected chi connectivity index (χ3v) is 6.29. The van der Waals surface area contributed by atoms with Gasteiger partial charge in [0.15, 0.2) is 17.3 Å². The second-order valence-corrected chi connectivity index (χ2v) is 9.12. The molecular weight excluding hydrogens is 543 g/mol. The van der Waals surface area contributed by atoms with Crippen LogP contribution in [0, 0.1) is 0 Å². The fourth-order valence-electron chi connectivity index (χ4n) is 4.06. The van der Waals surface area contributed by atoms with Gasteiger partial charge in [-0.05, 0) is 54.1 Å². The summed E-state index contributed by atoms with van der Waals surface area (Å²) < 4.78 is 52.9. The zero-order valence-electron chi connectivity index (χ0n) is 21.0. The van der Waals surface area contributed by atoms with Crippen molar-refractivity contribution in [1.29, 1.82) is 0 Å². The van der Waals surface area contributed by atoms with Gasteiger partial charge in [0.2, 0.25) is 0 Å². The summed E-state index contributed by atoms with van der Waals surface area (Å²) in [5, 5.41) is 5.24. The van der Waals surface area contributed by atoms with E-state index in [0.717, 1.165) is 22.4 Å². The molecular formula is C30H21ClF3N3O3. The molecule has 0 amide bonds. The maximum atomic E-state index is 13.5. The molecule has 4 aromatic carbocycles. The molecule has 202 valence electrons. The lowest BCUT2D eigenvalue weighted by molar-refractivity contribution is -0.137. The predicted molar refractivity (Wildman–Crippen MR) is 148 cm³/mol. The number of rotatable bonds is 7. The van der Waals surface area contributed by atoms with Gasteiger partial charge in [-0.25, -0.2) is 4.98 Å². The standard InChI is InChI=1S/C30H21ClF3N3O3/c1-39-26-11-5-7-21(27(26)40-18-19-12-14-23(31)15-13-19)17-35-37-28(20-6-4-8-22(16-20)30(32,33)34)36-25-10-3-2-9-24(25)29(37)38/h2-17H,18H2,1H3. The number of fused-ring (bicyclic) bond motifs is 1. The molecule has 0 radical (unpaired) electrons. The van der Waals surface area contributed by atoms with Crippen molar-refractivity contribution in [3.63, 3.8) is 0 Å². The van der Waals surface area contributed by atoms with E-state index >= 15 is 0 Å². The Morgan fingerprint density at radius 3 is 2.48 bits per heavy atom. The van der Waals surface area contributed by atoms with Crippen molar-refractivity contribution in [2.75, 3.05) is 7.11 Å². The van der Waals surface area contributed by atoms with Crippen LogP contribution in [0.4, 0.5) is 13.2 Å². The molecule has 0 spiro atoms. The summed E-state index contributed by atoms with van der Waals surface area (Å²) in [5.41, 5.74) is 0.345. The number of hydrogen-bond acceptors (Lipinski definition) is 5. The molecule has 0 aliphatic heterocycles. The molecule has 0 unspecified atom stereocenters. The number of halogens is 4. The van der Waals surface area contributed by atoms with E-state index in [0.29, 0.717) is 27.6 Å². The van der Waals surface area contributed by atoms with E-state index in [1.807, 2.05) is 12.1 Å². The Morgan fingerprint density at radius 2 is 1.73 bits per heavy atom. The zero-order valence-corrected chi connectivity index (χ0v) is 21.8. The smallest absolute Gasteiger partial charge is 0.416 e. The van der Waals surface area contributed by atoms with Gasteiger partial charge < -0.3 is 9.47 Å². The Bertz CT molecular complexity index is 1770. The Morgan fingerprint density at radius 1 is 0.975 bits per heavy atom. The fourth-order valence-corrected chi connectivity index (χ4v) is 4.18. The highest BCUT2D eigenvalue weighted by atomic mass is 35.5. The molecule has 6 nitrogen and oxygen atoms in total. The van der Waals surface area contributed by atoms with Crippen molar-refractivity contribution in [2.45, 2.75) is 12.8 Å². The lowest BCUT2D eigenvalue weighted by Gasteiger charge is -2.14. The molecule has 40 heavy (non-hydrogen) atoms. The number of nitrogens with zero attached hydrogens (tertiary/aromatic N) is 3. The molecule has 5 rings (SSSR count). The largest absolute Gasteiger partial charge is 0.493 e. The van der Waals surface area contributed by atoms with Crippen molar-refractivity contribution < 1.29 is 22.6 Å². The van der Waals surface area contributed by atoms with Gasteiger partial charge in [0, 0.05) is 16.1 Å². The minimum absolute atomic E-state index is 0.0439. The van der Waals surface area contributed by atoms with Crippen LogP contribution in [0.15, 0.2) is 101 Å². The monoisotopic (exact) mass is 563 g/mol. The Labute approximate surface area is 231 Å². The number of methoxy groups -OCH3 is 1. The van der Waals surface area contributed by atoms with Gasteiger partial charge in [-0.2, -0.15) is 22.9 Å². The summed E-state index contributed by atoms with van der Waals surface area (Å²) in [5.74, 6) is 0.753. The number of alkyl halides is 3. The van der Waals surface area contributed by atoms with Crippen LogP contribution in [0.25, 0.3) is 22.3 Å². The minimum Gasteiger partial charge on any atom is -0.493 e. The fraction of sp³-hybridized carbons (Fsp3) is 0.100. The zero-order chi connectivity index (χ0) is 28.3. The van der Waals surface area contributed by atoms with E-state index in [9.17, 15) is 18.0 Å². The summed E-state index contributed by atoms with van der Waals surface area (Å²) in [6.07, 6.45) is -3.19. The van der Waals surface area contributed by atoms with E-state index in [2.05, 4.69) is 10.1 Å². The lowest BCUT2D eigenvalue weighted by Crippen LogP contribution is -2.20. The number of para-hydroxylation sites is 2. The van der Waals surface area contributed by atoms with Crippen LogP contribution in [-0.4, -0.2) is 23.0 Å². The van der Waals surface area contributed by atoms with Gasteiger partial charge in [0.05, 0.1) is 29.8 Å². The van der Waals surface area contributed by atoms with Gasteiger partial charge in [0.25, 0.3) is 5.56 Å². The van der Waals surface area contributed by atoms with E-state index in [-0.39, 0.29) is 23.4 Å². The van der Waals surface area contributed by atoms with Crippen molar-refractivity contribution in [1.82, 2.24) is 9.66 Å². The highest BCUT2D eigenvalue weighted by Gasteiger charge is 2.31. The summed E-state index contributed by atoms with van der Waals surface area (Å²) in [6, 6.07) is 23.5. The summed E-state index contributed by atoms with van der Waals surface area (Å²) in [7, 11) is 1.49. The first-order chi connectivity index (χ1) is 19.2. The van der Waals surface area contributed by atoms with E-state index in [1.165, 1.54) is 25.5 Å². The maximum Gasteiger partial charge on any atom is 0.416 e. The Balaban J connectivity index is 1.61. The first-order valence-electron chi connectivity index (χ1n) is 12.0. The molecule has 1 heterocycles. The van der Waals surface area contributed by atoms with Crippen molar-refractivity contribution >= 4 is 28.7 Å². The SMILES string of the molecule is COc1cccc(C=Nn2c(-c3cccc(C(F)(F)F)c3)nc3ccccc3c2=O)c1OCc1ccc(Cl)cc1. The third-order valence-electron chi connectivity index (χ3n) is 6.04. The summed E-state index contributed by atoms with van der Waals surface area (Å²) in [6.45, 7) is 0.200. The molecule has 0 aliphatic carbocycles. The second kappa shape index (κ2) is 11.2. The van der Waals surface area contributed by atoms with Crippen LogP contribution < -0.4 is 15.0 Å². The van der Waals surface area contributed by atoms with Crippen LogP contribution in [0.1, 0.15) is 16.7 Å². The Hall–Kier alpha value is -4.63. The highest BCUT2D eigenvalue weighted by Crippen LogP contribution is 2.33. The molecule has 0 bridgehead atoms. The first-order valence-corrected chi connectivity index (χ1v) is 12.4. The van der Waals surface area contributed by atoms with Gasteiger partial charge >= 0.3 is 6.18 Å². The number of benzene rings is 4. The molecule has 0 saturated heterocycles. The van der Waals surface area contributed by atoms with Crippen molar-refractivity contribution in [3.8, 4) is 22.9 Å². The molecule has 0 N–H and O–H groups in total. The van der Waals surface area contributed by atoms with Gasteiger partial charge in [-0.3, -0.25) is 4.79 Å². The molecule has 0 fully saturated rings. The molecule has 0 atom stereocenters. The minimum atomic E-state index is -4.57. The summed E-state index contributed by atoms with van der Waals surface area (Å²) >= 11 is 5.97. The molecule has 1 aromatic heterocycles. The van der Waals surface area contributed by atoms with Crippen molar-refractivity contribution in [3.05, 3.63) is 123 Å². The Kier molecular flexibility index (Phi) is 7.57. The van der Waals surface area contributed by atoms with Gasteiger partial charge in [-0.1, -0.05) is 54.1 Å².